The summed E-state index contributed by atoms with van der Waals surface area (Å²) in [5.41, 5.74) is 0.660. The van der Waals surface area contributed by atoms with Crippen LogP contribution in [0.25, 0.3) is 6.20 Å². The first-order valence-electron chi connectivity index (χ1n) is 7.24. The fourth-order valence-corrected chi connectivity index (χ4v) is 2.25. The zero-order valence-electron chi connectivity index (χ0n) is 13.0. The minimum atomic E-state index is -0.443. The Morgan fingerprint density at radius 1 is 1.62 bits per heavy atom. The van der Waals surface area contributed by atoms with Crippen molar-refractivity contribution in [1.82, 2.24) is 20.0 Å². The maximum absolute atomic E-state index is 12.0. The van der Waals surface area contributed by atoms with Crippen molar-refractivity contribution in [2.24, 2.45) is 0 Å². The second-order valence-electron chi connectivity index (χ2n) is 6.30. The third-order valence-corrected chi connectivity index (χ3v) is 3.28. The molecule has 1 aromatic heterocycles. The third kappa shape index (κ3) is 4.60. The van der Waals surface area contributed by atoms with E-state index in [1.165, 1.54) is 0 Å². The van der Waals surface area contributed by atoms with Crippen LogP contribution in [0.2, 0.25) is 0 Å². The van der Waals surface area contributed by atoms with E-state index in [1.54, 1.807) is 15.8 Å². The van der Waals surface area contributed by atoms with Crippen LogP contribution in [0.4, 0.5) is 4.79 Å². The van der Waals surface area contributed by atoms with Gasteiger partial charge in [0.25, 0.3) is 0 Å². The van der Waals surface area contributed by atoms with E-state index < -0.39 is 5.60 Å². The fourth-order valence-electron chi connectivity index (χ4n) is 2.25. The summed E-state index contributed by atoms with van der Waals surface area (Å²) in [6, 6.07) is 0.296. The molecule has 0 bridgehead atoms. The highest BCUT2D eigenvalue weighted by molar-refractivity contribution is 5.68. The second-order valence-corrected chi connectivity index (χ2v) is 6.30. The van der Waals surface area contributed by atoms with Crippen molar-refractivity contribution < 1.29 is 9.53 Å². The predicted molar refractivity (Wildman–Crippen MR) is 81.7 cm³/mol. The molecule has 1 fully saturated rings. The van der Waals surface area contributed by atoms with E-state index in [2.05, 4.69) is 17.0 Å². The average molecular weight is 292 g/mol. The number of hydrogen-bond acceptors (Lipinski definition) is 4. The molecule has 21 heavy (non-hydrogen) atoms. The number of hydrogen-bond donors (Lipinski definition) is 1. The van der Waals surface area contributed by atoms with Crippen molar-refractivity contribution in [2.45, 2.75) is 45.4 Å². The fraction of sp³-hybridized carbons (Fsp3) is 0.600. The molecular formula is C15H24N4O2. The van der Waals surface area contributed by atoms with Gasteiger partial charge in [-0.15, -0.1) is 0 Å². The lowest BCUT2D eigenvalue weighted by atomic mass is 10.2. The third-order valence-electron chi connectivity index (χ3n) is 3.28. The summed E-state index contributed by atoms with van der Waals surface area (Å²) < 4.78 is 7.06. The molecule has 6 nitrogen and oxygen atoms in total. The highest BCUT2D eigenvalue weighted by Gasteiger charge is 2.29. The van der Waals surface area contributed by atoms with Crippen LogP contribution in [0, 0.1) is 0 Å². The topological polar surface area (TPSA) is 59.4 Å². The summed E-state index contributed by atoms with van der Waals surface area (Å²) >= 11 is 0. The Kier molecular flexibility index (Phi) is 4.67. The van der Waals surface area contributed by atoms with Gasteiger partial charge < -0.3 is 15.0 Å². The molecule has 1 aliphatic rings. The maximum atomic E-state index is 12.0. The van der Waals surface area contributed by atoms with Crippen molar-refractivity contribution in [3.05, 3.63) is 24.5 Å². The Labute approximate surface area is 125 Å². The lowest BCUT2D eigenvalue weighted by molar-refractivity contribution is 0.0291. The first-order chi connectivity index (χ1) is 9.87. The highest BCUT2D eigenvalue weighted by Crippen LogP contribution is 2.15. The SMILES string of the molecule is C=Cn1cc(CNC2CCN(C(=O)OC(C)(C)C)C2)cn1. The van der Waals surface area contributed by atoms with Gasteiger partial charge in [0.05, 0.1) is 6.20 Å². The van der Waals surface area contributed by atoms with Crippen LogP contribution in [-0.4, -0.2) is 45.5 Å². The summed E-state index contributed by atoms with van der Waals surface area (Å²) in [6.45, 7) is 11.5. The summed E-state index contributed by atoms with van der Waals surface area (Å²) in [5.74, 6) is 0. The van der Waals surface area contributed by atoms with Gasteiger partial charge in [0.1, 0.15) is 5.60 Å². The van der Waals surface area contributed by atoms with Crippen LogP contribution in [-0.2, 0) is 11.3 Å². The molecule has 1 saturated heterocycles. The Morgan fingerprint density at radius 2 is 2.38 bits per heavy atom. The number of ether oxygens (including phenoxy) is 1. The van der Waals surface area contributed by atoms with Gasteiger partial charge in [-0.3, -0.25) is 0 Å². The summed E-state index contributed by atoms with van der Waals surface area (Å²) in [5, 5.41) is 7.58. The number of rotatable bonds is 4. The lowest BCUT2D eigenvalue weighted by Crippen LogP contribution is -2.38. The minimum absolute atomic E-state index is 0.230. The molecule has 1 atom stereocenters. The van der Waals surface area contributed by atoms with Crippen LogP contribution in [0.1, 0.15) is 32.8 Å². The van der Waals surface area contributed by atoms with Gasteiger partial charge >= 0.3 is 6.09 Å². The van der Waals surface area contributed by atoms with Gasteiger partial charge in [0.15, 0.2) is 0 Å². The maximum Gasteiger partial charge on any atom is 0.410 e. The van der Waals surface area contributed by atoms with Gasteiger partial charge in [0, 0.05) is 43.6 Å². The van der Waals surface area contributed by atoms with E-state index in [9.17, 15) is 4.79 Å². The summed E-state index contributed by atoms with van der Waals surface area (Å²) in [6.07, 6.45) is 6.11. The van der Waals surface area contributed by atoms with E-state index in [0.29, 0.717) is 12.6 Å². The van der Waals surface area contributed by atoms with Crippen molar-refractivity contribution in [3.8, 4) is 0 Å². The molecule has 116 valence electrons. The van der Waals surface area contributed by atoms with Crippen molar-refractivity contribution in [2.75, 3.05) is 13.1 Å². The first-order valence-corrected chi connectivity index (χ1v) is 7.24. The van der Waals surface area contributed by atoms with E-state index >= 15 is 0 Å². The monoisotopic (exact) mass is 292 g/mol. The van der Waals surface area contributed by atoms with Crippen molar-refractivity contribution in [3.63, 3.8) is 0 Å². The molecule has 2 rings (SSSR count). The number of aromatic nitrogens is 2. The van der Waals surface area contributed by atoms with Gasteiger partial charge in [-0.1, -0.05) is 6.58 Å². The number of nitrogens with zero attached hydrogens (tertiary/aromatic N) is 3. The molecule has 1 aromatic rings. The molecule has 0 aliphatic carbocycles. The number of nitrogens with one attached hydrogen (secondary N) is 1. The highest BCUT2D eigenvalue weighted by atomic mass is 16.6. The van der Waals surface area contributed by atoms with E-state index in [4.69, 9.17) is 4.74 Å². The quantitative estimate of drug-likeness (QED) is 0.923. The smallest absolute Gasteiger partial charge is 0.410 e. The molecule has 1 N–H and O–H groups in total. The lowest BCUT2D eigenvalue weighted by Gasteiger charge is -2.24. The standard InChI is InChI=1S/C15H24N4O2/c1-5-19-10-12(9-17-19)8-16-13-6-7-18(11-13)14(20)21-15(2,3)4/h5,9-10,13,16H,1,6-8,11H2,2-4H3. The summed E-state index contributed by atoms with van der Waals surface area (Å²) in [4.78, 5) is 13.7. The largest absolute Gasteiger partial charge is 0.444 e. The van der Waals surface area contributed by atoms with Crippen LogP contribution in [0.3, 0.4) is 0 Å². The zero-order valence-corrected chi connectivity index (χ0v) is 13.0. The molecule has 0 aromatic carbocycles. The first kappa shape index (κ1) is 15.6. The molecular weight excluding hydrogens is 268 g/mol. The molecule has 6 heteroatoms. The van der Waals surface area contributed by atoms with Gasteiger partial charge in [-0.2, -0.15) is 5.10 Å². The van der Waals surface area contributed by atoms with Crippen LogP contribution >= 0.6 is 0 Å². The predicted octanol–water partition coefficient (Wildman–Crippen LogP) is 2.08. The van der Waals surface area contributed by atoms with E-state index in [-0.39, 0.29) is 6.09 Å². The van der Waals surface area contributed by atoms with Gasteiger partial charge in [0.2, 0.25) is 0 Å². The second kappa shape index (κ2) is 6.30. The Morgan fingerprint density at radius 3 is 3.00 bits per heavy atom. The van der Waals surface area contributed by atoms with E-state index in [0.717, 1.165) is 25.1 Å². The van der Waals surface area contributed by atoms with Crippen LogP contribution in [0.5, 0.6) is 0 Å². The zero-order chi connectivity index (χ0) is 15.5. The minimum Gasteiger partial charge on any atom is -0.444 e. The molecule has 1 unspecified atom stereocenters. The Hall–Kier alpha value is -1.82. The van der Waals surface area contributed by atoms with Gasteiger partial charge in [-0.25, -0.2) is 9.48 Å². The van der Waals surface area contributed by atoms with Crippen LogP contribution < -0.4 is 5.32 Å². The number of carbonyl (C=O) groups excluding carboxylic acids is 1. The molecule has 1 amide bonds. The molecule has 0 saturated carbocycles. The van der Waals surface area contributed by atoms with E-state index in [1.807, 2.05) is 33.2 Å². The summed E-state index contributed by atoms with van der Waals surface area (Å²) in [7, 11) is 0. The van der Waals surface area contributed by atoms with Crippen LogP contribution in [0.15, 0.2) is 19.0 Å². The molecule has 2 heterocycles. The number of amides is 1. The Bertz CT molecular complexity index is 504. The number of carbonyl (C=O) groups is 1. The normalized spacial score (nSPS) is 18.8. The molecule has 0 radical (unpaired) electrons. The van der Waals surface area contributed by atoms with Gasteiger partial charge in [-0.05, 0) is 27.2 Å². The number of likely N-dealkylation sites (tertiary alicyclic amines) is 1. The van der Waals surface area contributed by atoms with Crippen molar-refractivity contribution >= 4 is 12.3 Å². The average Bonchev–Trinajstić information content (AvgIpc) is 3.03. The van der Waals surface area contributed by atoms with Crippen molar-refractivity contribution in [1.29, 1.82) is 0 Å². The Balaban J connectivity index is 1.77. The molecule has 0 spiro atoms. The molecule has 1 aliphatic heterocycles.